The van der Waals surface area contributed by atoms with Crippen molar-refractivity contribution in [1.29, 1.82) is 0 Å². The van der Waals surface area contributed by atoms with Crippen LogP contribution in [-0.4, -0.2) is 55.5 Å². The van der Waals surface area contributed by atoms with Crippen LogP contribution in [0.15, 0.2) is 0 Å². The molecule has 1 fully saturated rings. The van der Waals surface area contributed by atoms with E-state index in [9.17, 15) is 4.79 Å². The standard InChI is InChI=1S/C7H15N3O/c1-9(2)6-3-10(4-6)5-7(8)11/h6H,3-5H2,1-2H3,(H2,8,11). The van der Waals surface area contributed by atoms with Crippen LogP contribution in [0.3, 0.4) is 0 Å². The lowest BCUT2D eigenvalue weighted by Gasteiger charge is -2.42. The lowest BCUT2D eigenvalue weighted by Crippen LogP contribution is -2.58. The number of carbonyl (C=O) groups excluding carboxylic acids is 1. The Bertz CT molecular complexity index is 152. The minimum absolute atomic E-state index is 0.234. The Morgan fingerprint density at radius 1 is 1.64 bits per heavy atom. The number of carbonyl (C=O) groups is 1. The lowest BCUT2D eigenvalue weighted by molar-refractivity contribution is -0.120. The van der Waals surface area contributed by atoms with E-state index >= 15 is 0 Å². The fraction of sp³-hybridized carbons (Fsp3) is 0.857. The molecule has 0 aromatic rings. The van der Waals surface area contributed by atoms with Crippen LogP contribution in [0.2, 0.25) is 0 Å². The summed E-state index contributed by atoms with van der Waals surface area (Å²) < 4.78 is 0. The van der Waals surface area contributed by atoms with Gasteiger partial charge in [0.2, 0.25) is 5.91 Å². The molecule has 1 aliphatic heterocycles. The fourth-order valence-electron chi connectivity index (χ4n) is 1.22. The van der Waals surface area contributed by atoms with Crippen molar-refractivity contribution in [1.82, 2.24) is 9.80 Å². The van der Waals surface area contributed by atoms with Gasteiger partial charge < -0.3 is 10.6 Å². The Labute approximate surface area is 66.9 Å². The molecule has 0 bridgehead atoms. The van der Waals surface area contributed by atoms with Crippen molar-refractivity contribution in [3.8, 4) is 0 Å². The van der Waals surface area contributed by atoms with Crippen molar-refractivity contribution < 1.29 is 4.79 Å². The van der Waals surface area contributed by atoms with Crippen LogP contribution in [0.5, 0.6) is 0 Å². The summed E-state index contributed by atoms with van der Waals surface area (Å²) in [6, 6.07) is 0.606. The van der Waals surface area contributed by atoms with Gasteiger partial charge in [0.05, 0.1) is 6.54 Å². The van der Waals surface area contributed by atoms with E-state index < -0.39 is 0 Å². The van der Waals surface area contributed by atoms with Crippen molar-refractivity contribution in [3.05, 3.63) is 0 Å². The van der Waals surface area contributed by atoms with Gasteiger partial charge in [0.1, 0.15) is 0 Å². The van der Waals surface area contributed by atoms with Gasteiger partial charge in [-0.3, -0.25) is 9.69 Å². The smallest absolute Gasteiger partial charge is 0.231 e. The molecule has 0 saturated carbocycles. The van der Waals surface area contributed by atoms with Gasteiger partial charge in [0, 0.05) is 19.1 Å². The highest BCUT2D eigenvalue weighted by Gasteiger charge is 2.28. The zero-order valence-corrected chi connectivity index (χ0v) is 7.08. The van der Waals surface area contributed by atoms with Crippen molar-refractivity contribution >= 4 is 5.91 Å². The van der Waals surface area contributed by atoms with Crippen LogP contribution >= 0.6 is 0 Å². The number of rotatable bonds is 3. The number of hydrogen-bond acceptors (Lipinski definition) is 3. The molecule has 1 saturated heterocycles. The van der Waals surface area contributed by atoms with E-state index in [4.69, 9.17) is 5.73 Å². The van der Waals surface area contributed by atoms with Crippen LogP contribution in [0, 0.1) is 0 Å². The van der Waals surface area contributed by atoms with Crippen molar-refractivity contribution in [2.45, 2.75) is 6.04 Å². The molecule has 1 amide bonds. The first-order valence-electron chi connectivity index (χ1n) is 3.76. The molecule has 64 valence electrons. The highest BCUT2D eigenvalue weighted by Crippen LogP contribution is 2.10. The molecule has 0 radical (unpaired) electrons. The van der Waals surface area contributed by atoms with E-state index in [2.05, 4.69) is 4.90 Å². The highest BCUT2D eigenvalue weighted by atomic mass is 16.1. The van der Waals surface area contributed by atoms with Crippen LogP contribution in [0.25, 0.3) is 0 Å². The molecule has 1 aliphatic rings. The van der Waals surface area contributed by atoms with Gasteiger partial charge in [-0.25, -0.2) is 0 Å². The Morgan fingerprint density at radius 2 is 2.18 bits per heavy atom. The van der Waals surface area contributed by atoms with E-state index in [-0.39, 0.29) is 5.91 Å². The van der Waals surface area contributed by atoms with E-state index in [0.29, 0.717) is 12.6 Å². The van der Waals surface area contributed by atoms with Gasteiger partial charge in [-0.15, -0.1) is 0 Å². The summed E-state index contributed by atoms with van der Waals surface area (Å²) in [5.74, 6) is -0.234. The van der Waals surface area contributed by atoms with E-state index in [1.807, 2.05) is 19.0 Å². The molecular weight excluding hydrogens is 142 g/mol. The molecule has 4 heteroatoms. The average Bonchev–Trinajstić information content (AvgIpc) is 1.75. The minimum Gasteiger partial charge on any atom is -0.369 e. The molecule has 1 rings (SSSR count). The second-order valence-electron chi connectivity index (χ2n) is 3.28. The molecule has 0 aromatic heterocycles. The first kappa shape index (κ1) is 8.49. The lowest BCUT2D eigenvalue weighted by atomic mass is 10.1. The van der Waals surface area contributed by atoms with Gasteiger partial charge in [-0.1, -0.05) is 0 Å². The summed E-state index contributed by atoms with van der Waals surface area (Å²) >= 11 is 0. The largest absolute Gasteiger partial charge is 0.369 e. The number of likely N-dealkylation sites (N-methyl/N-ethyl adjacent to an activating group) is 1. The van der Waals surface area contributed by atoms with Gasteiger partial charge >= 0.3 is 0 Å². The molecule has 0 spiro atoms. The molecule has 0 unspecified atom stereocenters. The summed E-state index contributed by atoms with van der Waals surface area (Å²) in [4.78, 5) is 14.7. The summed E-state index contributed by atoms with van der Waals surface area (Å²) in [5.41, 5.74) is 5.03. The van der Waals surface area contributed by atoms with E-state index in [1.165, 1.54) is 0 Å². The number of nitrogens with zero attached hydrogens (tertiary/aromatic N) is 2. The van der Waals surface area contributed by atoms with Crippen LogP contribution < -0.4 is 5.73 Å². The van der Waals surface area contributed by atoms with Gasteiger partial charge in [0.15, 0.2) is 0 Å². The molecular formula is C7H15N3O. The van der Waals surface area contributed by atoms with Crippen molar-refractivity contribution in [2.24, 2.45) is 5.73 Å². The van der Waals surface area contributed by atoms with Gasteiger partial charge in [-0.2, -0.15) is 0 Å². The number of primary amides is 1. The average molecular weight is 157 g/mol. The minimum atomic E-state index is -0.234. The number of amides is 1. The van der Waals surface area contributed by atoms with Crippen LogP contribution in [-0.2, 0) is 4.79 Å². The third-order valence-corrected chi connectivity index (χ3v) is 2.05. The van der Waals surface area contributed by atoms with Crippen LogP contribution in [0.4, 0.5) is 0 Å². The maximum atomic E-state index is 10.4. The molecule has 4 nitrogen and oxygen atoms in total. The second-order valence-corrected chi connectivity index (χ2v) is 3.28. The van der Waals surface area contributed by atoms with Gasteiger partial charge in [-0.05, 0) is 14.1 Å². The molecule has 0 aliphatic carbocycles. The maximum Gasteiger partial charge on any atom is 0.231 e. The summed E-state index contributed by atoms with van der Waals surface area (Å²) in [7, 11) is 4.10. The topological polar surface area (TPSA) is 49.6 Å². The SMILES string of the molecule is CN(C)C1CN(CC(N)=O)C1. The third-order valence-electron chi connectivity index (χ3n) is 2.05. The van der Waals surface area contributed by atoms with E-state index in [0.717, 1.165) is 13.1 Å². The molecule has 11 heavy (non-hydrogen) atoms. The summed E-state index contributed by atoms with van der Waals surface area (Å²) in [5, 5.41) is 0. The zero-order valence-electron chi connectivity index (χ0n) is 7.08. The monoisotopic (exact) mass is 157 g/mol. The molecule has 1 heterocycles. The number of hydrogen-bond donors (Lipinski definition) is 1. The second kappa shape index (κ2) is 3.19. The molecule has 0 aromatic carbocycles. The quantitative estimate of drug-likeness (QED) is 0.555. The van der Waals surface area contributed by atoms with Crippen molar-refractivity contribution in [3.63, 3.8) is 0 Å². The first-order chi connectivity index (χ1) is 5.09. The fourth-order valence-corrected chi connectivity index (χ4v) is 1.22. The number of likely N-dealkylation sites (tertiary alicyclic amines) is 1. The third kappa shape index (κ3) is 2.17. The predicted molar refractivity (Wildman–Crippen MR) is 43.1 cm³/mol. The zero-order chi connectivity index (χ0) is 8.43. The normalized spacial score (nSPS) is 20.3. The molecule has 0 atom stereocenters. The first-order valence-corrected chi connectivity index (χ1v) is 3.76. The van der Waals surface area contributed by atoms with Gasteiger partial charge in [0.25, 0.3) is 0 Å². The Morgan fingerprint density at radius 3 is 2.55 bits per heavy atom. The highest BCUT2D eigenvalue weighted by molar-refractivity contribution is 5.76. The molecule has 2 N–H and O–H groups in total. The summed E-state index contributed by atoms with van der Waals surface area (Å²) in [6.07, 6.45) is 0. The summed E-state index contributed by atoms with van der Waals surface area (Å²) in [6.45, 7) is 2.34. The Kier molecular flexibility index (Phi) is 2.46. The van der Waals surface area contributed by atoms with Crippen LogP contribution in [0.1, 0.15) is 0 Å². The Hall–Kier alpha value is -0.610. The predicted octanol–water partition coefficient (Wildman–Crippen LogP) is -1.28. The van der Waals surface area contributed by atoms with Crippen molar-refractivity contribution in [2.75, 3.05) is 33.7 Å². The number of nitrogens with two attached hydrogens (primary N) is 1. The van der Waals surface area contributed by atoms with E-state index in [1.54, 1.807) is 0 Å². The maximum absolute atomic E-state index is 10.4. The Balaban J connectivity index is 2.14.